The summed E-state index contributed by atoms with van der Waals surface area (Å²) >= 11 is 0. The average Bonchev–Trinajstić information content (AvgIpc) is 3.06. The molecular weight excluding hydrogens is 391 g/mol. The highest BCUT2D eigenvalue weighted by Crippen LogP contribution is 2.26. The first-order valence-electron chi connectivity index (χ1n) is 8.88. The lowest BCUT2D eigenvalue weighted by molar-refractivity contribution is 0.170. The fourth-order valence-electron chi connectivity index (χ4n) is 2.94. The highest BCUT2D eigenvalue weighted by molar-refractivity contribution is 5.92. The molecule has 0 radical (unpaired) electrons. The molecule has 0 bridgehead atoms. The second kappa shape index (κ2) is 7.66. The van der Waals surface area contributed by atoms with E-state index in [1.54, 1.807) is 37.3 Å². The Bertz CT molecular complexity index is 1260. The Morgan fingerprint density at radius 3 is 2.73 bits per heavy atom. The number of carbonyl (C=O) groups excluding carboxylic acids is 1. The van der Waals surface area contributed by atoms with Crippen LogP contribution < -0.4 is 10.6 Å². The fourth-order valence-corrected chi connectivity index (χ4v) is 2.94. The van der Waals surface area contributed by atoms with Crippen LogP contribution in [-0.4, -0.2) is 38.1 Å². The molecule has 2 aromatic heterocycles. The van der Waals surface area contributed by atoms with Gasteiger partial charge < -0.3 is 20.5 Å². The third-order valence-corrected chi connectivity index (χ3v) is 4.32. The summed E-state index contributed by atoms with van der Waals surface area (Å²) < 4.78 is 20.1. The number of halogens is 1. The fraction of sp³-hybridized carbons (Fsp3) is 0.100. The molecule has 10 heteroatoms. The number of hydrogen-bond acceptors (Lipinski definition) is 8. The molecule has 3 N–H and O–H groups in total. The molecule has 0 saturated carbocycles. The number of phenolic OH excluding ortho intramolecular Hbond substituents is 1. The van der Waals surface area contributed by atoms with E-state index in [0.717, 1.165) is 16.3 Å². The maximum absolute atomic E-state index is 14.1. The lowest BCUT2D eigenvalue weighted by Crippen LogP contribution is -2.12. The zero-order chi connectivity index (χ0) is 21.3. The van der Waals surface area contributed by atoms with E-state index in [1.807, 2.05) is 0 Å². The first-order chi connectivity index (χ1) is 14.4. The van der Waals surface area contributed by atoms with Gasteiger partial charge in [0.2, 0.25) is 5.95 Å². The van der Waals surface area contributed by atoms with E-state index in [0.29, 0.717) is 22.6 Å². The van der Waals surface area contributed by atoms with Gasteiger partial charge in [-0.2, -0.15) is 14.8 Å². The van der Waals surface area contributed by atoms with Crippen molar-refractivity contribution in [3.63, 3.8) is 0 Å². The normalized spacial score (nSPS) is 10.8. The minimum atomic E-state index is -0.654. The summed E-state index contributed by atoms with van der Waals surface area (Å²) in [5.74, 6) is -0.536. The molecule has 0 unspecified atom stereocenters. The van der Waals surface area contributed by atoms with Gasteiger partial charge in [0, 0.05) is 22.8 Å². The minimum absolute atomic E-state index is 0.0404. The Labute approximate surface area is 170 Å². The summed E-state index contributed by atoms with van der Waals surface area (Å²) in [6.07, 6.45) is 0.419. The Kier molecular flexibility index (Phi) is 4.88. The van der Waals surface area contributed by atoms with Crippen LogP contribution in [0.4, 0.5) is 32.3 Å². The number of rotatable bonds is 4. The summed E-state index contributed by atoms with van der Waals surface area (Å²) in [4.78, 5) is 20.1. The number of aromatic nitrogens is 4. The van der Waals surface area contributed by atoms with Crippen molar-refractivity contribution >= 4 is 40.1 Å². The van der Waals surface area contributed by atoms with Crippen LogP contribution in [0, 0.1) is 12.7 Å². The van der Waals surface area contributed by atoms with E-state index in [-0.39, 0.29) is 17.5 Å². The molecule has 30 heavy (non-hydrogen) atoms. The number of fused-ring (bicyclic) bond motifs is 1. The predicted molar refractivity (Wildman–Crippen MR) is 109 cm³/mol. The van der Waals surface area contributed by atoms with Crippen molar-refractivity contribution in [3.05, 3.63) is 60.2 Å². The maximum atomic E-state index is 14.1. The number of nitrogens with zero attached hydrogens (tertiary/aromatic N) is 4. The Hall–Kier alpha value is -4.21. The number of aryl methyl sites for hydroxylation is 1. The molecule has 0 aliphatic rings. The van der Waals surface area contributed by atoms with Gasteiger partial charge in [0.1, 0.15) is 5.75 Å². The number of benzene rings is 2. The van der Waals surface area contributed by atoms with Gasteiger partial charge in [-0.05, 0) is 37.3 Å². The van der Waals surface area contributed by atoms with Gasteiger partial charge in [-0.1, -0.05) is 6.07 Å². The van der Waals surface area contributed by atoms with Crippen LogP contribution in [0.5, 0.6) is 5.75 Å². The standard InChI is InChI=1S/C20H17FN6O3/c1-11-15-7-6-13(9-17(15)27(26-11)20(29)30-2)24-19-22-10-16(21)18(25-19)23-12-4-3-5-14(28)8-12/h3-10,28H,1-2H3,(H2,22,23,24,25). The highest BCUT2D eigenvalue weighted by atomic mass is 19.1. The Balaban J connectivity index is 1.64. The zero-order valence-corrected chi connectivity index (χ0v) is 16.0. The van der Waals surface area contributed by atoms with Crippen LogP contribution >= 0.6 is 0 Å². The van der Waals surface area contributed by atoms with Crippen LogP contribution in [0.1, 0.15) is 5.69 Å². The largest absolute Gasteiger partial charge is 0.508 e. The van der Waals surface area contributed by atoms with Crippen LogP contribution in [0.25, 0.3) is 10.9 Å². The number of hydrogen-bond donors (Lipinski definition) is 3. The van der Waals surface area contributed by atoms with Gasteiger partial charge in [-0.15, -0.1) is 0 Å². The van der Waals surface area contributed by atoms with Crippen LogP contribution in [0.3, 0.4) is 0 Å². The molecule has 0 fully saturated rings. The number of ether oxygens (including phenoxy) is 1. The van der Waals surface area contributed by atoms with Crippen molar-refractivity contribution in [2.45, 2.75) is 6.92 Å². The molecule has 9 nitrogen and oxygen atoms in total. The Morgan fingerprint density at radius 1 is 1.17 bits per heavy atom. The smallest absolute Gasteiger partial charge is 0.434 e. The van der Waals surface area contributed by atoms with Gasteiger partial charge in [0.15, 0.2) is 11.6 Å². The number of anilines is 4. The third kappa shape index (κ3) is 3.70. The summed E-state index contributed by atoms with van der Waals surface area (Å²) in [7, 11) is 1.28. The van der Waals surface area contributed by atoms with Gasteiger partial charge in [0.05, 0.1) is 24.5 Å². The number of phenols is 1. The number of nitrogens with one attached hydrogen (secondary N) is 2. The van der Waals surface area contributed by atoms with Crippen LogP contribution in [0.15, 0.2) is 48.7 Å². The molecule has 0 aliphatic carbocycles. The maximum Gasteiger partial charge on any atom is 0.434 e. The first-order valence-corrected chi connectivity index (χ1v) is 8.88. The molecule has 4 rings (SSSR count). The van der Waals surface area contributed by atoms with Crippen LogP contribution in [0.2, 0.25) is 0 Å². The molecular formula is C20H17FN6O3. The second-order valence-corrected chi connectivity index (χ2v) is 6.39. The lowest BCUT2D eigenvalue weighted by Gasteiger charge is -2.10. The Morgan fingerprint density at radius 2 is 1.97 bits per heavy atom. The molecule has 152 valence electrons. The zero-order valence-electron chi connectivity index (χ0n) is 16.0. The van der Waals surface area contributed by atoms with Crippen molar-refractivity contribution in [1.82, 2.24) is 19.7 Å². The van der Waals surface area contributed by atoms with E-state index in [4.69, 9.17) is 4.74 Å². The van der Waals surface area contributed by atoms with E-state index in [2.05, 4.69) is 25.7 Å². The first kappa shape index (κ1) is 19.1. The molecule has 0 amide bonds. The SMILES string of the molecule is COC(=O)n1nc(C)c2ccc(Nc3ncc(F)c(Nc4cccc(O)c4)n3)cc21. The highest BCUT2D eigenvalue weighted by Gasteiger charge is 2.15. The molecule has 0 aliphatic heterocycles. The third-order valence-electron chi connectivity index (χ3n) is 4.32. The lowest BCUT2D eigenvalue weighted by atomic mass is 10.2. The number of methoxy groups -OCH3 is 1. The topological polar surface area (TPSA) is 114 Å². The van der Waals surface area contributed by atoms with Crippen molar-refractivity contribution in [2.24, 2.45) is 0 Å². The van der Waals surface area contributed by atoms with Crippen molar-refractivity contribution in [2.75, 3.05) is 17.7 Å². The van der Waals surface area contributed by atoms with E-state index >= 15 is 0 Å². The number of carbonyl (C=O) groups is 1. The monoisotopic (exact) mass is 408 g/mol. The van der Waals surface area contributed by atoms with Crippen molar-refractivity contribution < 1.29 is 19.0 Å². The van der Waals surface area contributed by atoms with E-state index in [9.17, 15) is 14.3 Å². The summed E-state index contributed by atoms with van der Waals surface area (Å²) in [6.45, 7) is 1.79. The van der Waals surface area contributed by atoms with Crippen LogP contribution in [-0.2, 0) is 4.74 Å². The summed E-state index contributed by atoms with van der Waals surface area (Å²) in [5, 5.41) is 20.3. The molecule has 2 aromatic carbocycles. The second-order valence-electron chi connectivity index (χ2n) is 6.39. The van der Waals surface area contributed by atoms with Gasteiger partial charge in [-0.25, -0.2) is 14.2 Å². The molecule has 0 atom stereocenters. The quantitative estimate of drug-likeness (QED) is 0.463. The minimum Gasteiger partial charge on any atom is -0.508 e. The van der Waals surface area contributed by atoms with E-state index in [1.165, 1.54) is 19.2 Å². The summed E-state index contributed by atoms with van der Waals surface area (Å²) in [6, 6.07) is 11.5. The van der Waals surface area contributed by atoms with E-state index < -0.39 is 11.9 Å². The van der Waals surface area contributed by atoms with Gasteiger partial charge in [0.25, 0.3) is 0 Å². The summed E-state index contributed by atoms with van der Waals surface area (Å²) in [5.41, 5.74) is 2.27. The molecule has 4 aromatic rings. The molecule has 0 saturated heterocycles. The van der Waals surface area contributed by atoms with Crippen molar-refractivity contribution in [3.8, 4) is 5.75 Å². The van der Waals surface area contributed by atoms with Gasteiger partial charge in [-0.3, -0.25) is 0 Å². The number of aromatic hydroxyl groups is 1. The average molecular weight is 408 g/mol. The molecule has 0 spiro atoms. The van der Waals surface area contributed by atoms with Crippen molar-refractivity contribution in [1.29, 1.82) is 0 Å². The predicted octanol–water partition coefficient (Wildman–Crippen LogP) is 4.08. The van der Waals surface area contributed by atoms with Gasteiger partial charge >= 0.3 is 6.09 Å². The molecule has 2 heterocycles.